The average Bonchev–Trinajstić information content (AvgIpc) is 3.14. The van der Waals surface area contributed by atoms with Crippen LogP contribution in [0.5, 0.6) is 0 Å². The van der Waals surface area contributed by atoms with Gasteiger partial charge in [0, 0.05) is 18.8 Å². The van der Waals surface area contributed by atoms with E-state index in [2.05, 4.69) is 16.0 Å². The molecule has 0 unspecified atom stereocenters. The third-order valence-electron chi connectivity index (χ3n) is 2.74. The minimum absolute atomic E-state index is 0.185. The Labute approximate surface area is 99.3 Å². The van der Waals surface area contributed by atoms with Gasteiger partial charge >= 0.3 is 5.97 Å². The molecular weight excluding hydrogens is 218 g/mol. The third kappa shape index (κ3) is 2.72. The van der Waals surface area contributed by atoms with Crippen molar-refractivity contribution in [2.45, 2.75) is 25.3 Å². The monoisotopic (exact) mass is 231 g/mol. The maximum absolute atomic E-state index is 10.7. The van der Waals surface area contributed by atoms with Gasteiger partial charge in [-0.25, -0.2) is 9.78 Å². The Balaban J connectivity index is 2.13. The number of pyridine rings is 1. The summed E-state index contributed by atoms with van der Waals surface area (Å²) >= 11 is 0. The summed E-state index contributed by atoms with van der Waals surface area (Å²) in [6.45, 7) is 0.653. The Hall–Kier alpha value is -2.09. The number of carbonyl (C=O) groups is 1. The summed E-state index contributed by atoms with van der Waals surface area (Å²) in [7, 11) is 0. The van der Waals surface area contributed by atoms with Crippen molar-refractivity contribution in [1.29, 1.82) is 5.26 Å². The highest BCUT2D eigenvalue weighted by molar-refractivity contribution is 5.87. The molecule has 1 aliphatic rings. The fourth-order valence-electron chi connectivity index (χ4n) is 1.72. The quantitative estimate of drug-likeness (QED) is 0.833. The first-order chi connectivity index (χ1) is 8.22. The largest absolute Gasteiger partial charge is 0.478 e. The molecule has 17 heavy (non-hydrogen) atoms. The molecule has 0 aliphatic heterocycles. The van der Waals surface area contributed by atoms with Crippen molar-refractivity contribution in [2.24, 2.45) is 0 Å². The lowest BCUT2D eigenvalue weighted by Crippen LogP contribution is -2.27. The normalized spacial score (nSPS) is 14.1. The van der Waals surface area contributed by atoms with E-state index in [1.807, 2.05) is 0 Å². The van der Waals surface area contributed by atoms with Crippen LogP contribution in [0.1, 0.15) is 29.6 Å². The van der Waals surface area contributed by atoms with E-state index in [1.54, 1.807) is 12.1 Å². The molecule has 1 aromatic rings. The Bertz CT molecular complexity index is 446. The zero-order valence-corrected chi connectivity index (χ0v) is 9.33. The summed E-state index contributed by atoms with van der Waals surface area (Å²) in [6.07, 6.45) is 4.06. The molecule has 0 spiro atoms. The molecule has 0 bridgehead atoms. The van der Waals surface area contributed by atoms with Gasteiger partial charge in [-0.05, 0) is 25.0 Å². The molecule has 0 amide bonds. The van der Waals surface area contributed by atoms with Gasteiger partial charge in [0.05, 0.1) is 18.1 Å². The van der Waals surface area contributed by atoms with E-state index in [1.165, 1.54) is 6.20 Å². The van der Waals surface area contributed by atoms with Crippen LogP contribution in [0.3, 0.4) is 0 Å². The van der Waals surface area contributed by atoms with Gasteiger partial charge < -0.3 is 10.0 Å². The molecule has 1 fully saturated rings. The van der Waals surface area contributed by atoms with Crippen molar-refractivity contribution < 1.29 is 9.90 Å². The van der Waals surface area contributed by atoms with Crippen LogP contribution in [0.25, 0.3) is 0 Å². The molecule has 0 saturated heterocycles. The standard InChI is InChI=1S/C12H13N3O2/c13-6-1-7-15(10-3-4-10)11-5-2-9(8-14-11)12(16)17/h2,5,8,10H,1,3-4,7H2,(H,16,17). The summed E-state index contributed by atoms with van der Waals surface area (Å²) < 4.78 is 0. The van der Waals surface area contributed by atoms with Gasteiger partial charge in [-0.15, -0.1) is 0 Å². The second kappa shape index (κ2) is 4.83. The summed E-state index contributed by atoms with van der Waals surface area (Å²) in [5, 5.41) is 17.4. The second-order valence-electron chi connectivity index (χ2n) is 4.04. The van der Waals surface area contributed by atoms with Crippen molar-refractivity contribution in [3.63, 3.8) is 0 Å². The molecule has 1 aromatic heterocycles. The van der Waals surface area contributed by atoms with Crippen LogP contribution in [-0.2, 0) is 0 Å². The van der Waals surface area contributed by atoms with E-state index in [0.717, 1.165) is 18.7 Å². The number of rotatable bonds is 5. The van der Waals surface area contributed by atoms with Crippen LogP contribution in [-0.4, -0.2) is 28.6 Å². The smallest absolute Gasteiger partial charge is 0.337 e. The number of carboxylic acid groups (broad SMARTS) is 1. The van der Waals surface area contributed by atoms with Crippen LogP contribution in [0.2, 0.25) is 0 Å². The lowest BCUT2D eigenvalue weighted by Gasteiger charge is -2.22. The van der Waals surface area contributed by atoms with Gasteiger partial charge in [-0.2, -0.15) is 5.26 Å². The van der Waals surface area contributed by atoms with Gasteiger partial charge in [-0.3, -0.25) is 0 Å². The van der Waals surface area contributed by atoms with Crippen LogP contribution in [0, 0.1) is 11.3 Å². The number of hydrogen-bond donors (Lipinski definition) is 1. The van der Waals surface area contributed by atoms with Crippen molar-refractivity contribution in [1.82, 2.24) is 4.98 Å². The number of aromatic carboxylic acids is 1. The second-order valence-corrected chi connectivity index (χ2v) is 4.04. The minimum Gasteiger partial charge on any atom is -0.478 e. The highest BCUT2D eigenvalue weighted by Crippen LogP contribution is 2.30. The molecule has 1 N–H and O–H groups in total. The molecule has 1 heterocycles. The van der Waals surface area contributed by atoms with Crippen LogP contribution >= 0.6 is 0 Å². The number of nitrogens with zero attached hydrogens (tertiary/aromatic N) is 3. The number of aromatic nitrogens is 1. The molecule has 0 radical (unpaired) electrons. The highest BCUT2D eigenvalue weighted by atomic mass is 16.4. The van der Waals surface area contributed by atoms with Gasteiger partial charge in [0.25, 0.3) is 0 Å². The van der Waals surface area contributed by atoms with E-state index < -0.39 is 5.97 Å². The Morgan fingerprint density at radius 2 is 2.35 bits per heavy atom. The van der Waals surface area contributed by atoms with E-state index in [0.29, 0.717) is 19.0 Å². The molecule has 1 aliphatic carbocycles. The van der Waals surface area contributed by atoms with E-state index >= 15 is 0 Å². The van der Waals surface area contributed by atoms with Gasteiger partial charge in [0.1, 0.15) is 5.82 Å². The topological polar surface area (TPSA) is 77.2 Å². The van der Waals surface area contributed by atoms with Crippen molar-refractivity contribution >= 4 is 11.8 Å². The van der Waals surface area contributed by atoms with Crippen LogP contribution in [0.15, 0.2) is 18.3 Å². The third-order valence-corrected chi connectivity index (χ3v) is 2.74. The van der Waals surface area contributed by atoms with Crippen LogP contribution in [0.4, 0.5) is 5.82 Å². The summed E-state index contributed by atoms with van der Waals surface area (Å²) in [5.74, 6) is -0.216. The molecule has 0 aromatic carbocycles. The number of anilines is 1. The van der Waals surface area contributed by atoms with Gasteiger partial charge in [0.15, 0.2) is 0 Å². The number of carboxylic acids is 1. The Kier molecular flexibility index (Phi) is 3.24. The Morgan fingerprint density at radius 1 is 1.59 bits per heavy atom. The predicted molar refractivity (Wildman–Crippen MR) is 61.8 cm³/mol. The minimum atomic E-state index is -0.973. The molecule has 5 heteroatoms. The van der Waals surface area contributed by atoms with E-state index in [9.17, 15) is 4.79 Å². The molecule has 1 saturated carbocycles. The first-order valence-electron chi connectivity index (χ1n) is 5.55. The fourth-order valence-corrected chi connectivity index (χ4v) is 1.72. The average molecular weight is 231 g/mol. The molecule has 2 rings (SSSR count). The molecule has 88 valence electrons. The SMILES string of the molecule is N#CCCN(c1ccc(C(=O)O)cn1)C1CC1. The summed E-state index contributed by atoms with van der Waals surface area (Å²) in [4.78, 5) is 16.9. The number of hydrogen-bond acceptors (Lipinski definition) is 4. The Morgan fingerprint density at radius 3 is 2.82 bits per heavy atom. The fraction of sp³-hybridized carbons (Fsp3) is 0.417. The predicted octanol–water partition coefficient (Wildman–Crippen LogP) is 1.66. The molecule has 0 atom stereocenters. The van der Waals surface area contributed by atoms with Crippen LogP contribution < -0.4 is 4.90 Å². The lowest BCUT2D eigenvalue weighted by atomic mass is 10.2. The van der Waals surface area contributed by atoms with E-state index in [-0.39, 0.29) is 5.56 Å². The zero-order chi connectivity index (χ0) is 12.3. The molecule has 5 nitrogen and oxygen atoms in total. The first kappa shape index (κ1) is 11.4. The lowest BCUT2D eigenvalue weighted by molar-refractivity contribution is 0.0696. The van der Waals surface area contributed by atoms with Crippen molar-refractivity contribution in [2.75, 3.05) is 11.4 Å². The zero-order valence-electron chi connectivity index (χ0n) is 9.33. The first-order valence-corrected chi connectivity index (χ1v) is 5.55. The van der Waals surface area contributed by atoms with E-state index in [4.69, 9.17) is 10.4 Å². The number of nitriles is 1. The summed E-state index contributed by atoms with van der Waals surface area (Å²) in [6, 6.07) is 5.84. The molecular formula is C12H13N3O2. The highest BCUT2D eigenvalue weighted by Gasteiger charge is 2.29. The maximum Gasteiger partial charge on any atom is 0.337 e. The van der Waals surface area contributed by atoms with Gasteiger partial charge in [0.2, 0.25) is 0 Å². The van der Waals surface area contributed by atoms with Crippen molar-refractivity contribution in [3.8, 4) is 6.07 Å². The van der Waals surface area contributed by atoms with Crippen molar-refractivity contribution in [3.05, 3.63) is 23.9 Å². The maximum atomic E-state index is 10.7. The summed E-state index contributed by atoms with van der Waals surface area (Å²) in [5.41, 5.74) is 0.185. The van der Waals surface area contributed by atoms with Gasteiger partial charge in [-0.1, -0.05) is 0 Å².